The predicted octanol–water partition coefficient (Wildman–Crippen LogP) is 4.03. The summed E-state index contributed by atoms with van der Waals surface area (Å²) in [6.07, 6.45) is 8.70. The Labute approximate surface area is 156 Å². The van der Waals surface area contributed by atoms with Gasteiger partial charge in [0.05, 0.1) is 43.3 Å². The van der Waals surface area contributed by atoms with E-state index in [9.17, 15) is 8.42 Å². The van der Waals surface area contributed by atoms with Crippen LogP contribution in [0.2, 0.25) is 0 Å². The molecule has 2 aliphatic rings. The molecule has 0 amide bonds. The van der Waals surface area contributed by atoms with Crippen LogP contribution < -0.4 is 0 Å². The summed E-state index contributed by atoms with van der Waals surface area (Å²) in [7, 11) is -3.27. The molecule has 1 unspecified atom stereocenters. The van der Waals surface area contributed by atoms with Crippen molar-refractivity contribution in [2.24, 2.45) is 9.98 Å². The van der Waals surface area contributed by atoms with Gasteiger partial charge >= 0.3 is 0 Å². The van der Waals surface area contributed by atoms with Crippen LogP contribution in [0.15, 0.2) is 69.8 Å². The van der Waals surface area contributed by atoms with Gasteiger partial charge in [-0.3, -0.25) is 4.99 Å². The average Bonchev–Trinajstić information content (AvgIpc) is 3.09. The number of aromatic nitrogens is 1. The first-order chi connectivity index (χ1) is 12.4. The van der Waals surface area contributed by atoms with E-state index in [1.807, 2.05) is 23.7 Å². The molecule has 0 saturated heterocycles. The van der Waals surface area contributed by atoms with Gasteiger partial charge in [-0.1, -0.05) is 12.2 Å². The third-order valence-corrected chi connectivity index (χ3v) is 7.55. The van der Waals surface area contributed by atoms with Crippen molar-refractivity contribution in [3.05, 3.63) is 59.8 Å². The molecular weight excluding hydrogens is 366 g/mol. The molecule has 1 aliphatic heterocycles. The van der Waals surface area contributed by atoms with Crippen LogP contribution in [0.5, 0.6) is 0 Å². The van der Waals surface area contributed by atoms with E-state index in [0.717, 1.165) is 27.2 Å². The van der Waals surface area contributed by atoms with E-state index >= 15 is 0 Å². The molecular formula is C19H17N3O2S2. The fourth-order valence-corrected chi connectivity index (χ4v) is 4.77. The van der Waals surface area contributed by atoms with E-state index in [4.69, 9.17) is 4.99 Å². The highest BCUT2D eigenvalue weighted by atomic mass is 32.2. The molecule has 0 radical (unpaired) electrons. The van der Waals surface area contributed by atoms with E-state index in [1.165, 1.54) is 0 Å². The fourth-order valence-electron chi connectivity index (χ4n) is 2.86. The smallest absolute Gasteiger partial charge is 0.162 e. The van der Waals surface area contributed by atoms with Crippen LogP contribution in [-0.4, -0.2) is 35.3 Å². The second-order valence-corrected chi connectivity index (χ2v) is 9.92. The third kappa shape index (κ3) is 2.97. The van der Waals surface area contributed by atoms with Gasteiger partial charge in [0.1, 0.15) is 0 Å². The fraction of sp³-hybridized carbons (Fsp3) is 0.211. The molecule has 0 N–H and O–H groups in total. The van der Waals surface area contributed by atoms with Crippen LogP contribution in [0.25, 0.3) is 10.2 Å². The molecule has 2 heterocycles. The molecule has 0 bridgehead atoms. The molecule has 0 spiro atoms. The normalized spacial score (nSPS) is 21.2. The second kappa shape index (κ2) is 6.41. The van der Waals surface area contributed by atoms with Crippen LogP contribution in [0.3, 0.4) is 0 Å². The van der Waals surface area contributed by atoms with E-state index in [1.54, 1.807) is 55.7 Å². The van der Waals surface area contributed by atoms with Crippen LogP contribution in [-0.2, 0) is 9.84 Å². The van der Waals surface area contributed by atoms with Gasteiger partial charge in [0.15, 0.2) is 9.84 Å². The van der Waals surface area contributed by atoms with Crippen LogP contribution in [0.4, 0.5) is 5.69 Å². The lowest BCUT2D eigenvalue weighted by Crippen LogP contribution is -2.29. The lowest BCUT2D eigenvalue weighted by molar-refractivity contribution is 0.585. The third-order valence-electron chi connectivity index (χ3n) is 4.37. The maximum absolute atomic E-state index is 12.5. The maximum atomic E-state index is 12.5. The predicted molar refractivity (Wildman–Crippen MR) is 108 cm³/mol. The molecule has 4 rings (SSSR count). The number of rotatable bonds is 3. The van der Waals surface area contributed by atoms with E-state index in [-0.39, 0.29) is 0 Å². The Kier molecular flexibility index (Phi) is 4.20. The number of sulfone groups is 1. The lowest BCUT2D eigenvalue weighted by atomic mass is 9.97. The van der Waals surface area contributed by atoms with Crippen LogP contribution >= 0.6 is 11.3 Å². The summed E-state index contributed by atoms with van der Waals surface area (Å²) in [6, 6.07) is 5.86. The zero-order valence-electron chi connectivity index (χ0n) is 14.3. The van der Waals surface area contributed by atoms with Gasteiger partial charge in [-0.2, -0.15) is 0 Å². The van der Waals surface area contributed by atoms with Gasteiger partial charge in [-0.25, -0.2) is 18.4 Å². The standard InChI is InChI=1S/C19H17N3O2S2/c1-12(2)26(23,24)14-4-5-16-15(10-14)17(7-8-20-16)22-13-3-6-19-18(9-13)21-11-25-19/h3-12,14H,1-2H3. The molecule has 0 fully saturated rings. The highest BCUT2D eigenvalue weighted by Crippen LogP contribution is 2.27. The Morgan fingerprint density at radius 1 is 1.23 bits per heavy atom. The molecule has 1 aromatic carbocycles. The summed E-state index contributed by atoms with van der Waals surface area (Å²) in [6.45, 7) is 3.40. The van der Waals surface area contributed by atoms with Gasteiger partial charge in [0.2, 0.25) is 0 Å². The van der Waals surface area contributed by atoms with Gasteiger partial charge in [0.25, 0.3) is 0 Å². The van der Waals surface area contributed by atoms with Gasteiger partial charge in [-0.15, -0.1) is 11.3 Å². The largest absolute Gasteiger partial charge is 0.256 e. The summed E-state index contributed by atoms with van der Waals surface area (Å²) in [4.78, 5) is 13.4. The Morgan fingerprint density at radius 3 is 2.88 bits per heavy atom. The number of fused-ring (bicyclic) bond motifs is 2. The van der Waals surface area contributed by atoms with E-state index in [0.29, 0.717) is 5.71 Å². The molecule has 7 heteroatoms. The Morgan fingerprint density at radius 2 is 2.08 bits per heavy atom. The molecule has 0 saturated carbocycles. The molecule has 1 aromatic heterocycles. The molecule has 132 valence electrons. The minimum absolute atomic E-state index is 0.445. The highest BCUT2D eigenvalue weighted by Gasteiger charge is 2.29. The maximum Gasteiger partial charge on any atom is 0.162 e. The lowest BCUT2D eigenvalue weighted by Gasteiger charge is -2.21. The van der Waals surface area contributed by atoms with Crippen LogP contribution in [0.1, 0.15) is 13.8 Å². The first-order valence-electron chi connectivity index (χ1n) is 8.25. The first-order valence-corrected chi connectivity index (χ1v) is 10.7. The van der Waals surface area contributed by atoms with Gasteiger partial charge in [-0.05, 0) is 44.2 Å². The summed E-state index contributed by atoms with van der Waals surface area (Å²) in [5, 5.41) is -1.10. The zero-order valence-corrected chi connectivity index (χ0v) is 16.0. The average molecular weight is 383 g/mol. The van der Waals surface area contributed by atoms with E-state index < -0.39 is 20.3 Å². The monoisotopic (exact) mass is 383 g/mol. The first kappa shape index (κ1) is 17.1. The molecule has 26 heavy (non-hydrogen) atoms. The second-order valence-electron chi connectivity index (χ2n) is 6.37. The van der Waals surface area contributed by atoms with Crippen molar-refractivity contribution in [1.29, 1.82) is 0 Å². The van der Waals surface area contributed by atoms with Crippen molar-refractivity contribution in [2.75, 3.05) is 0 Å². The summed E-state index contributed by atoms with van der Waals surface area (Å²) in [5.41, 5.74) is 5.69. The number of allylic oxidation sites excluding steroid dienone is 3. The zero-order chi connectivity index (χ0) is 18.3. The number of thiazole rings is 1. The van der Waals surface area contributed by atoms with Crippen molar-refractivity contribution in [3.63, 3.8) is 0 Å². The van der Waals surface area contributed by atoms with Crippen molar-refractivity contribution < 1.29 is 8.42 Å². The van der Waals surface area contributed by atoms with Gasteiger partial charge < -0.3 is 0 Å². The Hall–Kier alpha value is -2.38. The van der Waals surface area contributed by atoms with Crippen molar-refractivity contribution in [3.8, 4) is 0 Å². The van der Waals surface area contributed by atoms with E-state index in [2.05, 4.69) is 9.98 Å². The number of nitrogens with zero attached hydrogens (tertiary/aromatic N) is 3. The number of benzene rings is 1. The molecule has 2 aromatic rings. The topological polar surface area (TPSA) is 71.8 Å². The van der Waals surface area contributed by atoms with Crippen molar-refractivity contribution >= 4 is 48.5 Å². The van der Waals surface area contributed by atoms with Crippen molar-refractivity contribution in [1.82, 2.24) is 4.98 Å². The minimum Gasteiger partial charge on any atom is -0.256 e. The highest BCUT2D eigenvalue weighted by molar-refractivity contribution is 7.92. The quantitative estimate of drug-likeness (QED) is 0.803. The summed E-state index contributed by atoms with van der Waals surface area (Å²) in [5.74, 6) is 0. The minimum atomic E-state index is -3.27. The van der Waals surface area contributed by atoms with Gasteiger partial charge in [0, 0.05) is 11.8 Å². The number of aliphatic imine (C=N–C) groups is 2. The molecule has 5 nitrogen and oxygen atoms in total. The van der Waals surface area contributed by atoms with Crippen LogP contribution in [0, 0.1) is 0 Å². The summed E-state index contributed by atoms with van der Waals surface area (Å²) >= 11 is 1.59. The summed E-state index contributed by atoms with van der Waals surface area (Å²) < 4.78 is 26.2. The van der Waals surface area contributed by atoms with Crippen molar-refractivity contribution in [2.45, 2.75) is 24.3 Å². The Balaban J connectivity index is 1.76. The molecule has 1 aliphatic carbocycles. The SMILES string of the molecule is CC(C)S(=O)(=O)C1C=CC2=NC=CC(=Nc3ccc4scnc4c3)C2=C1. The Bertz CT molecular complexity index is 1130. The number of hydrogen-bond donors (Lipinski definition) is 0. The number of hydrogen-bond acceptors (Lipinski definition) is 6. The molecule has 1 atom stereocenters.